The number of aryl methyl sites for hydroxylation is 1. The molecule has 1 aromatic carbocycles. The average molecular weight is 286 g/mol. The summed E-state index contributed by atoms with van der Waals surface area (Å²) >= 11 is 0. The van der Waals surface area contributed by atoms with Crippen LogP contribution in [0.3, 0.4) is 0 Å². The van der Waals surface area contributed by atoms with Crippen LogP contribution in [0.15, 0.2) is 17.7 Å². The zero-order chi connectivity index (χ0) is 15.4. The number of carbonyl (C=O) groups is 1. The second kappa shape index (κ2) is 4.62. The molecule has 0 bridgehead atoms. The van der Waals surface area contributed by atoms with Crippen LogP contribution < -0.4 is 4.74 Å². The number of phenolic OH excluding ortho intramolecular Hbond substituents is 1. The van der Waals surface area contributed by atoms with Crippen molar-refractivity contribution in [2.45, 2.75) is 52.1 Å². The van der Waals surface area contributed by atoms with E-state index in [2.05, 4.69) is 26.8 Å². The first-order valence-electron chi connectivity index (χ1n) is 7.53. The van der Waals surface area contributed by atoms with E-state index in [9.17, 15) is 9.90 Å². The Hall–Kier alpha value is -1.77. The highest BCUT2D eigenvalue weighted by molar-refractivity contribution is 5.84. The summed E-state index contributed by atoms with van der Waals surface area (Å²) in [4.78, 5) is 11.3. The Morgan fingerprint density at radius 2 is 2.10 bits per heavy atom. The Balaban J connectivity index is 2.27. The molecule has 0 spiro atoms. The molecule has 2 atom stereocenters. The fraction of sp³-hybridized carbons (Fsp3) is 0.500. The largest absolute Gasteiger partial charge is 0.507 e. The Labute approximate surface area is 125 Å². The molecule has 3 nitrogen and oxygen atoms in total. The van der Waals surface area contributed by atoms with Crippen molar-refractivity contribution in [3.05, 3.63) is 34.4 Å². The van der Waals surface area contributed by atoms with E-state index in [4.69, 9.17) is 4.74 Å². The van der Waals surface area contributed by atoms with Gasteiger partial charge in [-0.2, -0.15) is 0 Å². The SMILES string of the molecule is CC1=CC2c3c(cc(C)c(C=O)c3O)OC(C)(C)[C@@H]2CC1. The number of aromatic hydroxyl groups is 1. The number of carbonyl (C=O) groups excluding carboxylic acids is 1. The molecule has 0 amide bonds. The predicted octanol–water partition coefficient (Wildman–Crippen LogP) is 4.12. The second-order valence-electron chi connectivity index (χ2n) is 6.87. The van der Waals surface area contributed by atoms with Crippen molar-refractivity contribution < 1.29 is 14.6 Å². The molecule has 3 heteroatoms. The average Bonchev–Trinajstić information content (AvgIpc) is 2.37. The quantitative estimate of drug-likeness (QED) is 0.624. The molecule has 2 aliphatic rings. The summed E-state index contributed by atoms with van der Waals surface area (Å²) in [5.74, 6) is 1.25. The molecule has 1 aliphatic carbocycles. The van der Waals surface area contributed by atoms with Crippen LogP contribution >= 0.6 is 0 Å². The van der Waals surface area contributed by atoms with Crippen LogP contribution in [-0.4, -0.2) is 17.0 Å². The fourth-order valence-corrected chi connectivity index (χ4v) is 3.85. The van der Waals surface area contributed by atoms with Gasteiger partial charge in [0.2, 0.25) is 0 Å². The van der Waals surface area contributed by atoms with Crippen molar-refractivity contribution in [2.24, 2.45) is 5.92 Å². The third-order valence-electron chi connectivity index (χ3n) is 5.01. The smallest absolute Gasteiger partial charge is 0.154 e. The van der Waals surface area contributed by atoms with E-state index in [1.54, 1.807) is 0 Å². The minimum atomic E-state index is -0.267. The summed E-state index contributed by atoms with van der Waals surface area (Å²) in [5.41, 5.74) is 2.99. The number of rotatable bonds is 1. The third kappa shape index (κ3) is 2.06. The van der Waals surface area contributed by atoms with Crippen molar-refractivity contribution in [1.82, 2.24) is 0 Å². The van der Waals surface area contributed by atoms with E-state index in [-0.39, 0.29) is 17.3 Å². The number of hydrogen-bond acceptors (Lipinski definition) is 3. The van der Waals surface area contributed by atoms with E-state index < -0.39 is 0 Å². The van der Waals surface area contributed by atoms with Crippen molar-refractivity contribution in [3.63, 3.8) is 0 Å². The second-order valence-corrected chi connectivity index (χ2v) is 6.87. The predicted molar refractivity (Wildman–Crippen MR) is 82.2 cm³/mol. The van der Waals surface area contributed by atoms with Gasteiger partial charge in [0.05, 0.1) is 5.56 Å². The lowest BCUT2D eigenvalue weighted by Gasteiger charge is -2.46. The van der Waals surface area contributed by atoms with Crippen LogP contribution in [0.25, 0.3) is 0 Å². The number of phenols is 1. The maximum atomic E-state index is 11.3. The molecule has 1 N–H and O–H groups in total. The van der Waals surface area contributed by atoms with Gasteiger partial charge < -0.3 is 9.84 Å². The molecule has 0 fully saturated rings. The maximum Gasteiger partial charge on any atom is 0.154 e. The van der Waals surface area contributed by atoms with Crippen LogP contribution in [0.2, 0.25) is 0 Å². The number of ether oxygens (including phenoxy) is 1. The first-order chi connectivity index (χ1) is 9.85. The van der Waals surface area contributed by atoms with E-state index >= 15 is 0 Å². The van der Waals surface area contributed by atoms with Crippen molar-refractivity contribution in [3.8, 4) is 11.5 Å². The molecule has 1 heterocycles. The van der Waals surface area contributed by atoms with Gasteiger partial charge in [0.25, 0.3) is 0 Å². The number of fused-ring (bicyclic) bond motifs is 3. The molecule has 3 rings (SSSR count). The van der Waals surface area contributed by atoms with Crippen LogP contribution in [0, 0.1) is 12.8 Å². The number of benzene rings is 1. The maximum absolute atomic E-state index is 11.3. The fourth-order valence-electron chi connectivity index (χ4n) is 3.85. The first-order valence-corrected chi connectivity index (χ1v) is 7.53. The Bertz CT molecular complexity index is 640. The summed E-state index contributed by atoms with van der Waals surface area (Å²) in [6.07, 6.45) is 5.08. The Kier molecular flexibility index (Phi) is 3.12. The molecule has 0 aromatic heterocycles. The summed E-state index contributed by atoms with van der Waals surface area (Å²) < 4.78 is 6.18. The summed E-state index contributed by atoms with van der Waals surface area (Å²) in [6.45, 7) is 8.18. The highest BCUT2D eigenvalue weighted by Gasteiger charge is 2.45. The molecule has 21 heavy (non-hydrogen) atoms. The van der Waals surface area contributed by atoms with Crippen molar-refractivity contribution in [2.75, 3.05) is 0 Å². The zero-order valence-corrected chi connectivity index (χ0v) is 13.1. The number of allylic oxidation sites excluding steroid dienone is 2. The highest BCUT2D eigenvalue weighted by Crippen LogP contribution is 2.54. The minimum absolute atomic E-state index is 0.0939. The molecule has 1 aliphatic heterocycles. The molecule has 0 saturated carbocycles. The third-order valence-corrected chi connectivity index (χ3v) is 5.01. The van der Waals surface area contributed by atoms with Gasteiger partial charge in [-0.15, -0.1) is 0 Å². The van der Waals surface area contributed by atoms with Gasteiger partial charge in [-0.25, -0.2) is 0 Å². The topological polar surface area (TPSA) is 46.5 Å². The van der Waals surface area contributed by atoms with Crippen LogP contribution in [0.1, 0.15) is 61.0 Å². The van der Waals surface area contributed by atoms with Crippen molar-refractivity contribution in [1.29, 1.82) is 0 Å². The molecule has 0 radical (unpaired) electrons. The lowest BCUT2D eigenvalue weighted by Crippen LogP contribution is -2.45. The van der Waals surface area contributed by atoms with E-state index in [1.807, 2.05) is 13.0 Å². The lowest BCUT2D eigenvalue weighted by atomic mass is 9.67. The molecular weight excluding hydrogens is 264 g/mol. The van der Waals surface area contributed by atoms with E-state index in [0.717, 1.165) is 30.3 Å². The number of aldehydes is 1. The zero-order valence-electron chi connectivity index (χ0n) is 13.1. The van der Waals surface area contributed by atoms with Gasteiger partial charge in [0.1, 0.15) is 17.1 Å². The van der Waals surface area contributed by atoms with Crippen molar-refractivity contribution >= 4 is 6.29 Å². The summed E-state index contributed by atoms with van der Waals surface area (Å²) in [7, 11) is 0. The van der Waals surface area contributed by atoms with E-state index in [1.165, 1.54) is 5.57 Å². The van der Waals surface area contributed by atoms with Gasteiger partial charge in [-0.05, 0) is 52.2 Å². The van der Waals surface area contributed by atoms with E-state index in [0.29, 0.717) is 17.2 Å². The monoisotopic (exact) mass is 286 g/mol. The Morgan fingerprint density at radius 1 is 1.38 bits per heavy atom. The van der Waals surface area contributed by atoms with Gasteiger partial charge in [0.15, 0.2) is 6.29 Å². The molecule has 1 unspecified atom stereocenters. The summed E-state index contributed by atoms with van der Waals surface area (Å²) in [6, 6.07) is 1.88. The molecule has 1 aromatic rings. The summed E-state index contributed by atoms with van der Waals surface area (Å²) in [5, 5.41) is 10.6. The van der Waals surface area contributed by atoms with Gasteiger partial charge in [-0.1, -0.05) is 11.6 Å². The highest BCUT2D eigenvalue weighted by atomic mass is 16.5. The van der Waals surface area contributed by atoms with Gasteiger partial charge in [-0.3, -0.25) is 4.79 Å². The first kappa shape index (κ1) is 14.2. The molecule has 0 saturated heterocycles. The Morgan fingerprint density at radius 3 is 2.76 bits per heavy atom. The van der Waals surface area contributed by atoms with Gasteiger partial charge >= 0.3 is 0 Å². The molecular formula is C18H22O3. The molecule has 112 valence electrons. The minimum Gasteiger partial charge on any atom is -0.507 e. The van der Waals surface area contributed by atoms with Gasteiger partial charge in [0, 0.05) is 17.4 Å². The number of hydrogen-bond donors (Lipinski definition) is 1. The standard InChI is InChI=1S/C18H22O3/c1-10-5-6-14-12(7-10)16-15(21-18(14,3)4)8-11(2)13(9-19)17(16)20/h7-9,12,14,20H,5-6H2,1-4H3/t12?,14-/m1/s1. The van der Waals surface area contributed by atoms with Crippen LogP contribution in [0.4, 0.5) is 0 Å². The van der Waals surface area contributed by atoms with Crippen LogP contribution in [0.5, 0.6) is 11.5 Å². The normalized spacial score (nSPS) is 26.2. The van der Waals surface area contributed by atoms with Crippen LogP contribution in [-0.2, 0) is 0 Å². The lowest BCUT2D eigenvalue weighted by molar-refractivity contribution is 0.0107.